The summed E-state index contributed by atoms with van der Waals surface area (Å²) in [5.41, 5.74) is 0. The Morgan fingerprint density at radius 2 is 0.861 bits per heavy atom. The highest BCUT2D eigenvalue weighted by Crippen LogP contribution is 2.23. The van der Waals surface area contributed by atoms with Gasteiger partial charge in [-0.3, -0.25) is 0 Å². The third-order valence-corrected chi connectivity index (χ3v) is 6.30. The fourth-order valence-corrected chi connectivity index (χ4v) is 4.25. The molecule has 3 rings (SSSR count). The molecule has 0 spiro atoms. The van der Waals surface area contributed by atoms with Gasteiger partial charge in [-0.1, -0.05) is 127 Å². The molecular weight excluding hydrogens is 446 g/mol. The Morgan fingerprint density at radius 3 is 1.28 bits per heavy atom. The van der Waals surface area contributed by atoms with Gasteiger partial charge in [0.25, 0.3) is 0 Å². The first-order valence-electron chi connectivity index (χ1n) is 14.0. The van der Waals surface area contributed by atoms with Gasteiger partial charge >= 0.3 is 12.0 Å². The van der Waals surface area contributed by atoms with Crippen LogP contribution < -0.4 is 9.47 Å². The van der Waals surface area contributed by atoms with Gasteiger partial charge in [0.1, 0.15) is 17.3 Å². The quantitative estimate of drug-likeness (QED) is 0.157. The number of aryl methyl sites for hydroxylation is 1. The molecule has 36 heavy (non-hydrogen) atoms. The summed E-state index contributed by atoms with van der Waals surface area (Å²) in [4.78, 5) is 13.5. The van der Waals surface area contributed by atoms with Gasteiger partial charge in [-0.05, 0) is 30.7 Å². The van der Waals surface area contributed by atoms with E-state index in [2.05, 4.69) is 21.9 Å². The summed E-state index contributed by atoms with van der Waals surface area (Å²) in [5.74, 6) is 2.09. The van der Waals surface area contributed by atoms with E-state index in [1.165, 1.54) is 83.5 Å². The average molecular weight is 490 g/mol. The van der Waals surface area contributed by atoms with Crippen molar-refractivity contribution >= 4 is 0 Å². The van der Waals surface area contributed by atoms with Crippen LogP contribution in [0.2, 0.25) is 0 Å². The van der Waals surface area contributed by atoms with E-state index < -0.39 is 0 Å². The van der Waals surface area contributed by atoms with Gasteiger partial charge < -0.3 is 9.47 Å². The van der Waals surface area contributed by atoms with Crippen LogP contribution in [0.1, 0.15) is 103 Å². The molecule has 0 aliphatic carbocycles. The molecule has 0 atom stereocenters. The van der Waals surface area contributed by atoms with Gasteiger partial charge in [0.05, 0.1) is 0 Å². The highest BCUT2D eigenvalue weighted by molar-refractivity contribution is 5.26. The lowest BCUT2D eigenvalue weighted by molar-refractivity contribution is 0.391. The molecule has 0 aliphatic rings. The van der Waals surface area contributed by atoms with Crippen molar-refractivity contribution in [3.8, 4) is 23.5 Å². The molecule has 3 aromatic rings. The minimum absolute atomic E-state index is 0.266. The number of unbranched alkanes of at least 4 members (excludes halogenated alkanes) is 13. The molecule has 0 amide bonds. The monoisotopic (exact) mass is 489 g/mol. The topological polar surface area (TPSA) is 57.1 Å². The molecule has 0 aliphatic heterocycles. The number of benzene rings is 2. The average Bonchev–Trinajstić information content (AvgIpc) is 2.90. The van der Waals surface area contributed by atoms with Crippen molar-refractivity contribution in [2.24, 2.45) is 0 Å². The van der Waals surface area contributed by atoms with E-state index in [0.717, 1.165) is 12.8 Å². The molecule has 1 heterocycles. The second-order valence-electron chi connectivity index (χ2n) is 9.49. The lowest BCUT2D eigenvalue weighted by Crippen LogP contribution is -2.03. The largest absolute Gasteiger partial charge is 0.424 e. The van der Waals surface area contributed by atoms with Gasteiger partial charge in [-0.2, -0.15) is 9.97 Å². The molecule has 0 N–H and O–H groups in total. The predicted molar refractivity (Wildman–Crippen MR) is 147 cm³/mol. The lowest BCUT2D eigenvalue weighted by atomic mass is 10.0. The van der Waals surface area contributed by atoms with Gasteiger partial charge in [-0.25, -0.2) is 0 Å². The third-order valence-electron chi connectivity index (χ3n) is 6.30. The SMILES string of the molecule is CCCCCCCCCCCCCCCCc1nc(Oc2ccccc2)nc(Oc2ccccc2)n1. The van der Waals surface area contributed by atoms with E-state index in [0.29, 0.717) is 17.3 Å². The molecule has 0 saturated heterocycles. The standard InChI is InChI=1S/C31H43N3O2/c1-2-3-4-5-6-7-8-9-10-11-12-13-14-21-26-29-32-30(35-27-22-17-15-18-23-27)34-31(33-29)36-28-24-19-16-20-25-28/h15-20,22-25H,2-14,21,26H2,1H3. The van der Waals surface area contributed by atoms with Crippen LogP contribution in [0.3, 0.4) is 0 Å². The van der Waals surface area contributed by atoms with Gasteiger partial charge in [0, 0.05) is 6.42 Å². The highest BCUT2D eigenvalue weighted by atomic mass is 16.5. The summed E-state index contributed by atoms with van der Waals surface area (Å²) >= 11 is 0. The van der Waals surface area contributed by atoms with Gasteiger partial charge in [0.15, 0.2) is 0 Å². The molecule has 194 valence electrons. The van der Waals surface area contributed by atoms with Crippen LogP contribution in [0.25, 0.3) is 0 Å². The lowest BCUT2D eigenvalue weighted by Gasteiger charge is -2.09. The fourth-order valence-electron chi connectivity index (χ4n) is 4.25. The number of para-hydroxylation sites is 2. The van der Waals surface area contributed by atoms with Crippen molar-refractivity contribution in [2.45, 2.75) is 103 Å². The van der Waals surface area contributed by atoms with Crippen LogP contribution in [-0.4, -0.2) is 15.0 Å². The van der Waals surface area contributed by atoms with Crippen LogP contribution in [0.15, 0.2) is 60.7 Å². The zero-order valence-electron chi connectivity index (χ0n) is 22.0. The minimum atomic E-state index is 0.266. The molecule has 5 nitrogen and oxygen atoms in total. The second-order valence-corrected chi connectivity index (χ2v) is 9.49. The number of hydrogen-bond acceptors (Lipinski definition) is 5. The van der Waals surface area contributed by atoms with Crippen molar-refractivity contribution in [3.05, 3.63) is 66.5 Å². The normalized spacial score (nSPS) is 10.9. The Morgan fingerprint density at radius 1 is 0.472 bits per heavy atom. The van der Waals surface area contributed by atoms with Gasteiger partial charge in [0.2, 0.25) is 0 Å². The maximum absolute atomic E-state index is 5.88. The smallest absolute Gasteiger partial charge is 0.328 e. The number of rotatable bonds is 19. The maximum atomic E-state index is 5.88. The number of hydrogen-bond donors (Lipinski definition) is 0. The first-order valence-corrected chi connectivity index (χ1v) is 14.0. The van der Waals surface area contributed by atoms with Gasteiger partial charge in [-0.15, -0.1) is 4.98 Å². The number of aromatic nitrogens is 3. The Bertz CT molecular complexity index is 891. The number of nitrogens with zero attached hydrogens (tertiary/aromatic N) is 3. The first kappa shape index (κ1) is 27.6. The molecule has 0 radical (unpaired) electrons. The summed E-state index contributed by atoms with van der Waals surface area (Å²) in [5, 5.41) is 0. The van der Waals surface area contributed by atoms with Crippen LogP contribution in [0, 0.1) is 0 Å². The van der Waals surface area contributed by atoms with Crippen LogP contribution in [0.5, 0.6) is 23.5 Å². The first-order chi connectivity index (χ1) is 17.8. The van der Waals surface area contributed by atoms with E-state index in [1.807, 2.05) is 60.7 Å². The molecule has 2 aromatic carbocycles. The van der Waals surface area contributed by atoms with E-state index in [-0.39, 0.29) is 12.0 Å². The summed E-state index contributed by atoms with van der Waals surface area (Å²) in [7, 11) is 0. The predicted octanol–water partition coefficient (Wildman–Crippen LogP) is 9.48. The molecule has 0 bridgehead atoms. The molecule has 0 fully saturated rings. The van der Waals surface area contributed by atoms with Crippen molar-refractivity contribution < 1.29 is 9.47 Å². The fraction of sp³-hybridized carbons (Fsp3) is 0.516. The van der Waals surface area contributed by atoms with E-state index >= 15 is 0 Å². The molecule has 5 heteroatoms. The zero-order valence-corrected chi connectivity index (χ0v) is 22.0. The van der Waals surface area contributed by atoms with E-state index in [1.54, 1.807) is 0 Å². The Balaban J connectivity index is 1.37. The van der Waals surface area contributed by atoms with Crippen LogP contribution >= 0.6 is 0 Å². The molecule has 0 unspecified atom stereocenters. The van der Waals surface area contributed by atoms with Crippen molar-refractivity contribution in [2.75, 3.05) is 0 Å². The third kappa shape index (κ3) is 11.7. The van der Waals surface area contributed by atoms with Crippen LogP contribution in [-0.2, 0) is 6.42 Å². The van der Waals surface area contributed by atoms with Crippen molar-refractivity contribution in [3.63, 3.8) is 0 Å². The Kier molecular flexibility index (Phi) is 13.4. The van der Waals surface area contributed by atoms with E-state index in [4.69, 9.17) is 9.47 Å². The Hall–Kier alpha value is -2.95. The van der Waals surface area contributed by atoms with Crippen molar-refractivity contribution in [1.29, 1.82) is 0 Å². The molecule has 0 saturated carbocycles. The summed E-state index contributed by atoms with van der Waals surface area (Å²) in [6, 6.07) is 19.7. The van der Waals surface area contributed by atoms with Crippen molar-refractivity contribution in [1.82, 2.24) is 15.0 Å². The maximum Gasteiger partial charge on any atom is 0.328 e. The summed E-state index contributed by atoms with van der Waals surface area (Å²) in [6.07, 6.45) is 19.6. The second kappa shape index (κ2) is 17.5. The van der Waals surface area contributed by atoms with Crippen LogP contribution in [0.4, 0.5) is 0 Å². The zero-order chi connectivity index (χ0) is 25.1. The summed E-state index contributed by atoms with van der Waals surface area (Å²) in [6.45, 7) is 2.28. The molecule has 1 aromatic heterocycles. The Labute approximate surface area is 217 Å². The highest BCUT2D eigenvalue weighted by Gasteiger charge is 2.11. The van der Waals surface area contributed by atoms with E-state index in [9.17, 15) is 0 Å². The summed E-state index contributed by atoms with van der Waals surface area (Å²) < 4.78 is 11.8. The number of ether oxygens (including phenoxy) is 2. The molecular formula is C31H43N3O2. The minimum Gasteiger partial charge on any atom is -0.424 e.